The van der Waals surface area contributed by atoms with Crippen LogP contribution in [0.15, 0.2) is 0 Å². The van der Waals surface area contributed by atoms with E-state index in [4.69, 9.17) is 10.00 Å². The summed E-state index contributed by atoms with van der Waals surface area (Å²) in [4.78, 5) is 11.1. The molecule has 7 nitrogen and oxygen atoms in total. The zero-order valence-corrected chi connectivity index (χ0v) is 7.67. The second kappa shape index (κ2) is 4.91. The lowest BCUT2D eigenvalue weighted by Gasteiger charge is -2.00. The maximum absolute atomic E-state index is 11.1. The van der Waals surface area contributed by atoms with E-state index in [1.807, 2.05) is 6.07 Å². The molecule has 0 aliphatic heterocycles. The van der Waals surface area contributed by atoms with Gasteiger partial charge in [0.15, 0.2) is 5.82 Å². The molecule has 0 spiro atoms. The van der Waals surface area contributed by atoms with E-state index >= 15 is 0 Å². The normalized spacial score (nSPS) is 9.43. The molecular formula is C7H9N5O2. The van der Waals surface area contributed by atoms with Crippen molar-refractivity contribution in [2.75, 3.05) is 6.61 Å². The fourth-order valence-electron chi connectivity index (χ4n) is 0.881. The Bertz CT molecular complexity index is 353. The fraction of sp³-hybridized carbons (Fsp3) is 0.571. The van der Waals surface area contributed by atoms with Crippen LogP contribution in [0.3, 0.4) is 0 Å². The highest BCUT2D eigenvalue weighted by molar-refractivity contribution is 5.71. The lowest BCUT2D eigenvalue weighted by molar-refractivity contribution is -0.142. The molecule has 74 valence electrons. The lowest BCUT2D eigenvalue weighted by atomic mass is 10.4. The van der Waals surface area contributed by atoms with Crippen LogP contribution in [0.25, 0.3) is 0 Å². The molecule has 0 bridgehead atoms. The highest BCUT2D eigenvalue weighted by atomic mass is 16.5. The molecule has 0 aliphatic carbocycles. The number of nitriles is 1. The van der Waals surface area contributed by atoms with Crippen LogP contribution in [0.5, 0.6) is 0 Å². The second-order valence-electron chi connectivity index (χ2n) is 2.39. The number of aromatic nitrogens is 4. The van der Waals surface area contributed by atoms with Gasteiger partial charge in [0.25, 0.3) is 0 Å². The third kappa shape index (κ3) is 2.52. The Morgan fingerprint density at radius 2 is 2.50 bits per heavy atom. The van der Waals surface area contributed by atoms with Crippen LogP contribution < -0.4 is 0 Å². The lowest BCUT2D eigenvalue weighted by Crippen LogP contribution is -2.13. The monoisotopic (exact) mass is 195 g/mol. The molecular weight excluding hydrogens is 186 g/mol. The van der Waals surface area contributed by atoms with Gasteiger partial charge in [-0.25, -0.2) is 4.68 Å². The Morgan fingerprint density at radius 3 is 3.14 bits per heavy atom. The van der Waals surface area contributed by atoms with Gasteiger partial charge in [0.05, 0.1) is 12.7 Å². The van der Waals surface area contributed by atoms with Gasteiger partial charge in [-0.15, -0.1) is 5.10 Å². The molecule has 0 radical (unpaired) electrons. The summed E-state index contributed by atoms with van der Waals surface area (Å²) < 4.78 is 5.98. The van der Waals surface area contributed by atoms with Gasteiger partial charge < -0.3 is 4.74 Å². The van der Waals surface area contributed by atoms with Gasteiger partial charge >= 0.3 is 5.97 Å². The van der Waals surface area contributed by atoms with Gasteiger partial charge in [-0.05, 0) is 17.4 Å². The zero-order valence-electron chi connectivity index (χ0n) is 7.67. The third-order valence-corrected chi connectivity index (χ3v) is 1.43. The van der Waals surface area contributed by atoms with Crippen molar-refractivity contribution < 1.29 is 9.53 Å². The van der Waals surface area contributed by atoms with E-state index in [9.17, 15) is 4.79 Å². The predicted octanol–water partition coefficient (Wildman–Crippen LogP) is -0.698. The fourth-order valence-corrected chi connectivity index (χ4v) is 0.881. The van der Waals surface area contributed by atoms with Gasteiger partial charge in [-0.1, -0.05) is 0 Å². The quantitative estimate of drug-likeness (QED) is 0.590. The average Bonchev–Trinajstić information content (AvgIpc) is 2.54. The summed E-state index contributed by atoms with van der Waals surface area (Å²) in [5.74, 6) is -0.0634. The first-order valence-electron chi connectivity index (χ1n) is 4.05. The number of rotatable bonds is 4. The Kier molecular flexibility index (Phi) is 3.55. The van der Waals surface area contributed by atoms with E-state index < -0.39 is 5.97 Å². The van der Waals surface area contributed by atoms with Crippen molar-refractivity contribution in [3.05, 3.63) is 5.82 Å². The van der Waals surface area contributed by atoms with Crippen molar-refractivity contribution in [3.63, 3.8) is 0 Å². The second-order valence-corrected chi connectivity index (χ2v) is 2.39. The molecule has 0 saturated carbocycles. The van der Waals surface area contributed by atoms with Crippen molar-refractivity contribution in [1.29, 1.82) is 5.26 Å². The number of ether oxygens (including phenoxy) is 1. The topological polar surface area (TPSA) is 93.7 Å². The number of hydrogen-bond donors (Lipinski definition) is 0. The third-order valence-electron chi connectivity index (χ3n) is 1.43. The standard InChI is InChI=1S/C7H9N5O2/c1-2-14-7(13)5-6-9-10-11-12(6)4-3-8/h2,4-5H2,1H3. The van der Waals surface area contributed by atoms with E-state index in [1.165, 1.54) is 4.68 Å². The van der Waals surface area contributed by atoms with E-state index in [2.05, 4.69) is 15.5 Å². The molecule has 1 aromatic rings. The maximum Gasteiger partial charge on any atom is 0.313 e. The summed E-state index contributed by atoms with van der Waals surface area (Å²) in [6.45, 7) is 2.07. The van der Waals surface area contributed by atoms with Gasteiger partial charge in [0.1, 0.15) is 13.0 Å². The van der Waals surface area contributed by atoms with Gasteiger partial charge in [0.2, 0.25) is 0 Å². The Labute approximate surface area is 80.3 Å². The molecule has 0 fully saturated rings. The number of nitrogens with zero attached hydrogens (tertiary/aromatic N) is 5. The Morgan fingerprint density at radius 1 is 1.71 bits per heavy atom. The van der Waals surface area contributed by atoms with E-state index in [1.54, 1.807) is 6.92 Å². The summed E-state index contributed by atoms with van der Waals surface area (Å²) in [6.07, 6.45) is -0.0114. The summed E-state index contributed by atoms with van der Waals surface area (Å²) >= 11 is 0. The largest absolute Gasteiger partial charge is 0.466 e. The molecule has 0 N–H and O–H groups in total. The molecule has 1 aromatic heterocycles. The highest BCUT2D eigenvalue weighted by Gasteiger charge is 2.11. The minimum absolute atomic E-state index is 0.0114. The summed E-state index contributed by atoms with van der Waals surface area (Å²) in [7, 11) is 0. The Balaban J connectivity index is 2.62. The van der Waals surface area contributed by atoms with Crippen molar-refractivity contribution >= 4 is 5.97 Å². The van der Waals surface area contributed by atoms with Crippen LogP contribution in [0.2, 0.25) is 0 Å². The summed E-state index contributed by atoms with van der Waals surface area (Å²) in [5, 5.41) is 18.9. The molecule has 0 aromatic carbocycles. The molecule has 7 heteroatoms. The van der Waals surface area contributed by atoms with E-state index in [-0.39, 0.29) is 13.0 Å². The van der Waals surface area contributed by atoms with Gasteiger partial charge in [0, 0.05) is 0 Å². The first kappa shape index (κ1) is 10.1. The zero-order chi connectivity index (χ0) is 10.4. The predicted molar refractivity (Wildman–Crippen MR) is 43.8 cm³/mol. The number of carbonyl (C=O) groups excluding carboxylic acids is 1. The van der Waals surface area contributed by atoms with Crippen molar-refractivity contribution in [2.24, 2.45) is 0 Å². The number of esters is 1. The van der Waals surface area contributed by atoms with Crippen LogP contribution in [0.4, 0.5) is 0 Å². The molecule has 0 unspecified atom stereocenters. The Hall–Kier alpha value is -1.97. The number of carbonyl (C=O) groups is 1. The van der Waals surface area contributed by atoms with Gasteiger partial charge in [-0.2, -0.15) is 5.26 Å². The van der Waals surface area contributed by atoms with Crippen molar-refractivity contribution in [3.8, 4) is 6.07 Å². The molecule has 0 amide bonds. The smallest absolute Gasteiger partial charge is 0.313 e. The average molecular weight is 195 g/mol. The molecule has 14 heavy (non-hydrogen) atoms. The summed E-state index contributed by atoms with van der Waals surface area (Å²) in [5.41, 5.74) is 0. The van der Waals surface area contributed by atoms with Crippen molar-refractivity contribution in [1.82, 2.24) is 20.2 Å². The number of hydrogen-bond acceptors (Lipinski definition) is 6. The minimum Gasteiger partial charge on any atom is -0.466 e. The minimum atomic E-state index is -0.401. The van der Waals surface area contributed by atoms with Crippen LogP contribution in [0, 0.1) is 11.3 Å². The van der Waals surface area contributed by atoms with Crippen LogP contribution >= 0.6 is 0 Å². The van der Waals surface area contributed by atoms with Gasteiger partial charge in [-0.3, -0.25) is 4.79 Å². The SMILES string of the molecule is CCOC(=O)Cc1nnnn1CC#N. The number of tetrazole rings is 1. The maximum atomic E-state index is 11.1. The first-order valence-corrected chi connectivity index (χ1v) is 4.05. The molecule has 0 aliphatic rings. The highest BCUT2D eigenvalue weighted by Crippen LogP contribution is 1.95. The van der Waals surface area contributed by atoms with Crippen LogP contribution in [0.1, 0.15) is 12.7 Å². The summed E-state index contributed by atoms with van der Waals surface area (Å²) in [6, 6.07) is 1.88. The molecule has 1 rings (SSSR count). The first-order chi connectivity index (χ1) is 6.77. The molecule has 0 saturated heterocycles. The molecule has 1 heterocycles. The van der Waals surface area contributed by atoms with E-state index in [0.29, 0.717) is 12.4 Å². The molecule has 0 atom stereocenters. The van der Waals surface area contributed by atoms with Crippen molar-refractivity contribution in [2.45, 2.75) is 19.9 Å². The van der Waals surface area contributed by atoms with Crippen LogP contribution in [-0.2, 0) is 22.5 Å². The van der Waals surface area contributed by atoms with Crippen LogP contribution in [-0.4, -0.2) is 32.8 Å². The van der Waals surface area contributed by atoms with E-state index in [0.717, 1.165) is 0 Å².